The minimum Gasteiger partial charge on any atom is -0.357 e. The molecule has 3 N–H and O–H groups in total. The van der Waals surface area contributed by atoms with Gasteiger partial charge in [-0.05, 0) is 5.21 Å². The first kappa shape index (κ1) is 11.5. The lowest BCUT2D eigenvalue weighted by molar-refractivity contribution is -0.125. The topological polar surface area (TPSA) is 116 Å². The highest BCUT2D eigenvalue weighted by Gasteiger charge is 2.33. The Hall–Kier alpha value is -2.03. The molecule has 1 aromatic heterocycles. The van der Waals surface area contributed by atoms with Crippen LogP contribution >= 0.6 is 0 Å². The molecule has 0 saturated carbocycles. The Morgan fingerprint density at radius 3 is 3.00 bits per heavy atom. The van der Waals surface area contributed by atoms with Gasteiger partial charge in [-0.3, -0.25) is 9.59 Å². The van der Waals surface area contributed by atoms with E-state index in [1.54, 1.807) is 0 Å². The molecule has 1 unspecified atom stereocenters. The van der Waals surface area contributed by atoms with Gasteiger partial charge in [-0.25, -0.2) is 0 Å². The van der Waals surface area contributed by atoms with Crippen molar-refractivity contribution in [3.8, 4) is 0 Å². The molecule has 1 saturated heterocycles. The van der Waals surface area contributed by atoms with E-state index in [-0.39, 0.29) is 11.7 Å². The van der Waals surface area contributed by atoms with Crippen LogP contribution in [0.5, 0.6) is 0 Å². The molecule has 0 radical (unpaired) electrons. The first-order chi connectivity index (χ1) is 8.24. The normalized spacial score (nSPS) is 20.1. The quantitative estimate of drug-likeness (QED) is 0.519. The van der Waals surface area contributed by atoms with Crippen molar-refractivity contribution in [1.82, 2.24) is 36.2 Å². The van der Waals surface area contributed by atoms with Crippen LogP contribution in [-0.4, -0.2) is 70.1 Å². The van der Waals surface area contributed by atoms with Crippen LogP contribution < -0.4 is 10.6 Å². The monoisotopic (exact) mass is 239 g/mol. The van der Waals surface area contributed by atoms with Gasteiger partial charge in [0, 0.05) is 26.7 Å². The second-order valence-electron chi connectivity index (χ2n) is 3.57. The van der Waals surface area contributed by atoms with Crippen molar-refractivity contribution in [2.24, 2.45) is 0 Å². The maximum Gasteiger partial charge on any atom is 0.296 e. The number of carbonyl (C=O) groups excluding carboxylic acids is 2. The fraction of sp³-hybridized carbons (Fsp3) is 0.625. The Balaban J connectivity index is 2.16. The molecular formula is C8H13N7O2. The number of hydrogen-bond donors (Lipinski definition) is 3. The van der Waals surface area contributed by atoms with E-state index in [4.69, 9.17) is 0 Å². The predicted molar refractivity (Wildman–Crippen MR) is 55.9 cm³/mol. The van der Waals surface area contributed by atoms with Crippen molar-refractivity contribution < 1.29 is 9.59 Å². The van der Waals surface area contributed by atoms with Gasteiger partial charge >= 0.3 is 0 Å². The van der Waals surface area contributed by atoms with Crippen LogP contribution in [0.4, 0.5) is 0 Å². The molecule has 0 aliphatic carbocycles. The minimum absolute atomic E-state index is 0.0270. The molecule has 0 spiro atoms. The van der Waals surface area contributed by atoms with Gasteiger partial charge in [-0.2, -0.15) is 5.21 Å². The van der Waals surface area contributed by atoms with Gasteiger partial charge in [-0.15, -0.1) is 10.2 Å². The zero-order valence-electron chi connectivity index (χ0n) is 9.30. The number of hydrogen-bond acceptors (Lipinski definition) is 6. The lowest BCUT2D eigenvalue weighted by atomic mass is 10.1. The number of aromatic amines is 1. The molecule has 1 atom stereocenters. The van der Waals surface area contributed by atoms with E-state index in [1.165, 1.54) is 11.9 Å². The van der Waals surface area contributed by atoms with E-state index < -0.39 is 11.9 Å². The fourth-order valence-corrected chi connectivity index (χ4v) is 1.73. The summed E-state index contributed by atoms with van der Waals surface area (Å²) >= 11 is 0. The Morgan fingerprint density at radius 2 is 2.35 bits per heavy atom. The summed E-state index contributed by atoms with van der Waals surface area (Å²) in [4.78, 5) is 25.1. The van der Waals surface area contributed by atoms with Crippen LogP contribution in [0.25, 0.3) is 0 Å². The van der Waals surface area contributed by atoms with Gasteiger partial charge in [0.05, 0.1) is 0 Å². The van der Waals surface area contributed by atoms with E-state index in [0.717, 1.165) is 0 Å². The number of tetrazole rings is 1. The maximum absolute atomic E-state index is 12.0. The van der Waals surface area contributed by atoms with Crippen LogP contribution in [0, 0.1) is 0 Å². The van der Waals surface area contributed by atoms with Gasteiger partial charge in [-0.1, -0.05) is 0 Å². The Labute approximate surface area is 96.9 Å². The number of nitrogens with zero attached hydrogens (tertiary/aromatic N) is 4. The lowest BCUT2D eigenvalue weighted by Crippen LogP contribution is -2.59. The highest BCUT2D eigenvalue weighted by Crippen LogP contribution is 2.07. The predicted octanol–water partition coefficient (Wildman–Crippen LogP) is -2.64. The van der Waals surface area contributed by atoms with Crippen LogP contribution in [0.15, 0.2) is 0 Å². The van der Waals surface area contributed by atoms with E-state index in [0.29, 0.717) is 19.6 Å². The number of carbonyl (C=O) groups is 2. The van der Waals surface area contributed by atoms with Gasteiger partial charge < -0.3 is 15.5 Å². The third-order valence-electron chi connectivity index (χ3n) is 2.59. The summed E-state index contributed by atoms with van der Waals surface area (Å²) in [6, 6.07) is -0.542. The molecule has 0 aromatic carbocycles. The molecule has 9 nitrogen and oxygen atoms in total. The van der Waals surface area contributed by atoms with Crippen molar-refractivity contribution >= 4 is 11.8 Å². The van der Waals surface area contributed by atoms with E-state index in [1.807, 2.05) is 0 Å². The fourth-order valence-electron chi connectivity index (χ4n) is 1.73. The molecule has 1 aliphatic heterocycles. The maximum atomic E-state index is 12.0. The second kappa shape index (κ2) is 4.87. The van der Waals surface area contributed by atoms with Crippen molar-refractivity contribution in [2.75, 3.05) is 26.7 Å². The molecule has 1 aromatic rings. The summed E-state index contributed by atoms with van der Waals surface area (Å²) in [7, 11) is 1.54. The first-order valence-electron chi connectivity index (χ1n) is 5.20. The van der Waals surface area contributed by atoms with Crippen molar-refractivity contribution in [2.45, 2.75) is 6.04 Å². The van der Waals surface area contributed by atoms with Crippen molar-refractivity contribution in [3.63, 3.8) is 0 Å². The summed E-state index contributed by atoms with van der Waals surface area (Å²) in [5, 5.41) is 18.4. The largest absolute Gasteiger partial charge is 0.357 e. The number of amides is 2. The zero-order valence-corrected chi connectivity index (χ0v) is 9.30. The van der Waals surface area contributed by atoms with E-state index >= 15 is 0 Å². The number of piperazine rings is 1. The molecule has 2 amide bonds. The molecule has 1 aliphatic rings. The molecule has 0 bridgehead atoms. The zero-order chi connectivity index (χ0) is 12.3. The van der Waals surface area contributed by atoms with Crippen LogP contribution in [0.1, 0.15) is 10.6 Å². The number of likely N-dealkylation sites (N-methyl/N-ethyl adjacent to an activating group) is 1. The highest BCUT2D eigenvalue weighted by atomic mass is 16.2. The highest BCUT2D eigenvalue weighted by molar-refractivity contribution is 5.94. The number of rotatable bonds is 2. The molecule has 2 rings (SSSR count). The third-order valence-corrected chi connectivity index (χ3v) is 2.59. The van der Waals surface area contributed by atoms with Gasteiger partial charge in [0.2, 0.25) is 5.91 Å². The average molecular weight is 239 g/mol. The Bertz CT molecular complexity index is 404. The number of aromatic nitrogens is 4. The second-order valence-corrected chi connectivity index (χ2v) is 3.57. The summed E-state index contributed by atoms with van der Waals surface area (Å²) in [5.41, 5.74) is 0. The van der Waals surface area contributed by atoms with Crippen LogP contribution in [0.3, 0.4) is 0 Å². The summed E-state index contributed by atoms with van der Waals surface area (Å²) < 4.78 is 0. The SMILES string of the molecule is CNC(=O)C1CNCCN1C(=O)c1nn[nH]n1. The van der Waals surface area contributed by atoms with Gasteiger partial charge in [0.25, 0.3) is 11.7 Å². The van der Waals surface area contributed by atoms with Crippen LogP contribution in [-0.2, 0) is 4.79 Å². The van der Waals surface area contributed by atoms with E-state index in [9.17, 15) is 9.59 Å². The van der Waals surface area contributed by atoms with Crippen molar-refractivity contribution in [3.05, 3.63) is 5.82 Å². The molecular weight excluding hydrogens is 226 g/mol. The molecule has 2 heterocycles. The Morgan fingerprint density at radius 1 is 1.53 bits per heavy atom. The Kier molecular flexibility index (Phi) is 3.28. The molecule has 17 heavy (non-hydrogen) atoms. The minimum atomic E-state index is -0.542. The van der Waals surface area contributed by atoms with Gasteiger partial charge in [0.1, 0.15) is 6.04 Å². The summed E-state index contributed by atoms with van der Waals surface area (Å²) in [6.07, 6.45) is 0. The third kappa shape index (κ3) is 2.23. The smallest absolute Gasteiger partial charge is 0.296 e. The standard InChI is InChI=1S/C8H13N7O2/c1-9-7(16)5-4-10-2-3-15(5)8(17)6-11-13-14-12-6/h5,10H,2-4H2,1H3,(H,9,16)(H,11,12,13,14). The summed E-state index contributed by atoms with van der Waals surface area (Å²) in [5.74, 6) is -0.635. The first-order valence-corrected chi connectivity index (χ1v) is 5.20. The number of H-pyrrole nitrogens is 1. The molecule has 1 fully saturated rings. The van der Waals surface area contributed by atoms with E-state index in [2.05, 4.69) is 31.3 Å². The average Bonchev–Trinajstić information content (AvgIpc) is 2.91. The molecule has 92 valence electrons. The van der Waals surface area contributed by atoms with Crippen molar-refractivity contribution in [1.29, 1.82) is 0 Å². The van der Waals surface area contributed by atoms with Crippen LogP contribution in [0.2, 0.25) is 0 Å². The summed E-state index contributed by atoms with van der Waals surface area (Å²) in [6.45, 7) is 1.49. The number of nitrogens with one attached hydrogen (secondary N) is 3. The lowest BCUT2D eigenvalue weighted by Gasteiger charge is -2.33. The molecule has 9 heteroatoms. The van der Waals surface area contributed by atoms with Gasteiger partial charge in [0.15, 0.2) is 0 Å².